The topological polar surface area (TPSA) is 53.8 Å². The zero-order valence-electron chi connectivity index (χ0n) is 6.67. The summed E-state index contributed by atoms with van der Waals surface area (Å²) in [4.78, 5) is 14.0. The minimum atomic E-state index is -2.69. The first-order valence-electron chi connectivity index (χ1n) is 3.44. The number of hydrogen-bond donors (Lipinski definition) is 0. The van der Waals surface area contributed by atoms with E-state index in [1.165, 1.54) is 0 Å². The molecule has 0 amide bonds. The first kappa shape index (κ1) is 11.0. The summed E-state index contributed by atoms with van der Waals surface area (Å²) < 4.78 is 24.7. The molecule has 0 unspecified atom stereocenters. The molecule has 14 heavy (non-hydrogen) atoms. The van der Waals surface area contributed by atoms with Gasteiger partial charge in [-0.05, 0) is 28.7 Å². The first-order valence-corrected chi connectivity index (χ1v) is 4.52. The number of nitriles is 1. The van der Waals surface area contributed by atoms with Gasteiger partial charge in [0.2, 0.25) is 0 Å². The van der Waals surface area contributed by atoms with Gasteiger partial charge in [-0.1, -0.05) is 0 Å². The Morgan fingerprint density at radius 1 is 1.64 bits per heavy atom. The lowest BCUT2D eigenvalue weighted by atomic mass is 10.1. The maximum absolute atomic E-state index is 12.3. The van der Waals surface area contributed by atoms with Crippen molar-refractivity contribution < 1.29 is 13.6 Å². The maximum atomic E-state index is 12.3. The van der Waals surface area contributed by atoms with Gasteiger partial charge in [0.1, 0.15) is 9.77 Å². The van der Waals surface area contributed by atoms with Crippen LogP contribution in [0, 0.1) is 15.0 Å². The number of pyridine rings is 1. The summed E-state index contributed by atoms with van der Waals surface area (Å²) in [7, 11) is 0. The Morgan fingerprint density at radius 2 is 2.29 bits per heavy atom. The number of carbonyl (C=O) groups is 1. The fourth-order valence-electron chi connectivity index (χ4n) is 0.855. The van der Waals surface area contributed by atoms with Gasteiger partial charge >= 0.3 is 0 Å². The van der Waals surface area contributed by atoms with Gasteiger partial charge in [-0.25, -0.2) is 13.8 Å². The predicted octanol–water partition coefficient (Wildman–Crippen LogP) is 2.31. The second-order valence-electron chi connectivity index (χ2n) is 2.34. The van der Waals surface area contributed by atoms with Crippen LogP contribution < -0.4 is 0 Å². The molecule has 0 aliphatic heterocycles. The van der Waals surface area contributed by atoms with Gasteiger partial charge < -0.3 is 0 Å². The molecule has 72 valence electrons. The third kappa shape index (κ3) is 2.04. The Balaban J connectivity index is 3.39. The zero-order chi connectivity index (χ0) is 10.7. The fraction of sp³-hybridized carbons (Fsp3) is 0.125. The molecule has 0 bridgehead atoms. The number of aromatic nitrogens is 1. The number of aldehydes is 1. The van der Waals surface area contributed by atoms with Crippen LogP contribution in [0.5, 0.6) is 0 Å². The Hall–Kier alpha value is -1.10. The lowest BCUT2D eigenvalue weighted by Crippen LogP contribution is -2.00. The van der Waals surface area contributed by atoms with E-state index in [9.17, 15) is 13.6 Å². The molecule has 3 nitrogen and oxygen atoms in total. The van der Waals surface area contributed by atoms with Crippen molar-refractivity contribution in [2.75, 3.05) is 0 Å². The normalized spacial score (nSPS) is 9.93. The van der Waals surface area contributed by atoms with Crippen LogP contribution in [0.15, 0.2) is 6.07 Å². The van der Waals surface area contributed by atoms with Crippen molar-refractivity contribution in [3.8, 4) is 6.07 Å². The largest absolute Gasteiger partial charge is 0.298 e. The summed E-state index contributed by atoms with van der Waals surface area (Å²) >= 11 is 1.60. The van der Waals surface area contributed by atoms with Gasteiger partial charge in [-0.3, -0.25) is 4.79 Å². The molecule has 0 aromatic carbocycles. The molecule has 0 fully saturated rings. The van der Waals surface area contributed by atoms with Crippen LogP contribution in [0.1, 0.15) is 28.0 Å². The number of rotatable bonds is 2. The molecule has 0 aliphatic carbocycles. The molecule has 0 spiro atoms. The summed E-state index contributed by atoms with van der Waals surface area (Å²) in [6.45, 7) is 0. The smallest absolute Gasteiger partial charge is 0.266 e. The molecular weight excluding hydrogens is 305 g/mol. The summed E-state index contributed by atoms with van der Waals surface area (Å²) in [6, 6.07) is 2.65. The zero-order valence-corrected chi connectivity index (χ0v) is 8.83. The van der Waals surface area contributed by atoms with Crippen LogP contribution >= 0.6 is 22.6 Å². The highest BCUT2D eigenvalue weighted by molar-refractivity contribution is 14.1. The van der Waals surface area contributed by atoms with Crippen LogP contribution in [0.4, 0.5) is 8.78 Å². The summed E-state index contributed by atoms with van der Waals surface area (Å²) in [5.41, 5.74) is -0.566. The van der Waals surface area contributed by atoms with E-state index in [0.717, 1.165) is 6.07 Å². The van der Waals surface area contributed by atoms with Crippen LogP contribution in [0.3, 0.4) is 0 Å². The van der Waals surface area contributed by atoms with Crippen molar-refractivity contribution in [2.45, 2.75) is 6.43 Å². The highest BCUT2D eigenvalue weighted by Crippen LogP contribution is 2.24. The number of carbonyl (C=O) groups excluding carboxylic acids is 1. The monoisotopic (exact) mass is 308 g/mol. The third-order valence-corrected chi connectivity index (χ3v) is 2.36. The van der Waals surface area contributed by atoms with E-state index in [2.05, 4.69) is 4.98 Å². The van der Waals surface area contributed by atoms with Crippen molar-refractivity contribution >= 4 is 28.9 Å². The van der Waals surface area contributed by atoms with Gasteiger partial charge in [0.05, 0.1) is 11.1 Å². The Kier molecular flexibility index (Phi) is 3.46. The maximum Gasteiger partial charge on any atom is 0.266 e. The lowest BCUT2D eigenvalue weighted by molar-refractivity contribution is 0.112. The van der Waals surface area contributed by atoms with Crippen molar-refractivity contribution in [1.82, 2.24) is 4.98 Å². The highest BCUT2D eigenvalue weighted by Gasteiger charge is 2.16. The van der Waals surface area contributed by atoms with Crippen LogP contribution in [0.2, 0.25) is 0 Å². The van der Waals surface area contributed by atoms with Crippen LogP contribution in [-0.4, -0.2) is 11.3 Å². The quantitative estimate of drug-likeness (QED) is 0.478. The summed E-state index contributed by atoms with van der Waals surface area (Å²) in [6.07, 6.45) is -2.35. The van der Waals surface area contributed by atoms with Gasteiger partial charge in [-0.15, -0.1) is 0 Å². The second kappa shape index (κ2) is 4.41. The predicted molar refractivity (Wildman–Crippen MR) is 52.0 cm³/mol. The molecule has 1 aromatic rings. The molecule has 1 rings (SSSR count). The van der Waals surface area contributed by atoms with Crippen molar-refractivity contribution in [2.24, 2.45) is 0 Å². The first-order chi connectivity index (χ1) is 6.60. The summed E-state index contributed by atoms with van der Waals surface area (Å²) in [5, 5.41) is 8.54. The average Bonchev–Trinajstić information content (AvgIpc) is 2.16. The molecule has 0 saturated carbocycles. The van der Waals surface area contributed by atoms with Gasteiger partial charge in [0.25, 0.3) is 6.43 Å². The molecule has 0 radical (unpaired) electrons. The fourth-order valence-corrected chi connectivity index (χ4v) is 1.49. The number of nitrogens with zero attached hydrogens (tertiary/aromatic N) is 2. The van der Waals surface area contributed by atoms with Crippen LogP contribution in [-0.2, 0) is 0 Å². The average molecular weight is 308 g/mol. The minimum absolute atomic E-state index is 0.0414. The SMILES string of the molecule is N#Cc1nc(I)c(C(F)F)cc1C=O. The Morgan fingerprint density at radius 3 is 2.71 bits per heavy atom. The molecule has 1 heterocycles. The molecule has 0 saturated heterocycles. The Labute approximate surface area is 91.9 Å². The summed E-state index contributed by atoms with van der Waals surface area (Å²) in [5.74, 6) is 0. The number of halogens is 3. The molecule has 0 aliphatic rings. The third-order valence-electron chi connectivity index (χ3n) is 1.50. The standard InChI is InChI=1S/C8H3F2IN2O/c9-7(10)5-1-4(3-14)6(2-12)13-8(5)11/h1,3,7H. The number of hydrogen-bond acceptors (Lipinski definition) is 3. The van der Waals surface area contributed by atoms with Crippen molar-refractivity contribution in [3.63, 3.8) is 0 Å². The molecule has 0 atom stereocenters. The van der Waals surface area contributed by atoms with E-state index < -0.39 is 6.43 Å². The minimum Gasteiger partial charge on any atom is -0.298 e. The molecule has 1 aromatic heterocycles. The molecule has 6 heteroatoms. The highest BCUT2D eigenvalue weighted by atomic mass is 127. The van der Waals surface area contributed by atoms with E-state index in [-0.39, 0.29) is 20.5 Å². The van der Waals surface area contributed by atoms with E-state index in [0.29, 0.717) is 6.29 Å². The van der Waals surface area contributed by atoms with Gasteiger partial charge in [0, 0.05) is 0 Å². The van der Waals surface area contributed by atoms with Gasteiger partial charge in [-0.2, -0.15) is 5.26 Å². The molecule has 0 N–H and O–H groups in total. The van der Waals surface area contributed by atoms with E-state index in [1.807, 2.05) is 0 Å². The van der Waals surface area contributed by atoms with E-state index in [1.54, 1.807) is 28.7 Å². The van der Waals surface area contributed by atoms with Crippen molar-refractivity contribution in [1.29, 1.82) is 5.26 Å². The number of alkyl halides is 2. The molecular formula is C8H3F2IN2O. The Bertz CT molecular complexity index is 415. The van der Waals surface area contributed by atoms with E-state index >= 15 is 0 Å². The van der Waals surface area contributed by atoms with Crippen LogP contribution in [0.25, 0.3) is 0 Å². The second-order valence-corrected chi connectivity index (χ2v) is 3.36. The van der Waals surface area contributed by atoms with Crippen molar-refractivity contribution in [3.05, 3.63) is 26.6 Å². The lowest BCUT2D eigenvalue weighted by Gasteiger charge is -2.03. The van der Waals surface area contributed by atoms with E-state index in [4.69, 9.17) is 5.26 Å². The van der Waals surface area contributed by atoms with Gasteiger partial charge in [0.15, 0.2) is 12.0 Å².